The summed E-state index contributed by atoms with van der Waals surface area (Å²) in [6, 6.07) is 20.2. The Morgan fingerprint density at radius 2 is 1.31 bits per heavy atom. The van der Waals surface area contributed by atoms with E-state index in [0.717, 1.165) is 32.6 Å². The molecular formula is C29H35N5O2. The molecule has 2 aromatic carbocycles. The van der Waals surface area contributed by atoms with Gasteiger partial charge in [-0.1, -0.05) is 18.2 Å². The van der Waals surface area contributed by atoms with Crippen LogP contribution in [-0.4, -0.2) is 32.2 Å². The van der Waals surface area contributed by atoms with Crippen LogP contribution in [-0.2, 0) is 0 Å². The Kier molecular flexibility index (Phi) is 7.84. The topological polar surface area (TPSA) is 84.0 Å². The van der Waals surface area contributed by atoms with Gasteiger partial charge < -0.3 is 10.3 Å². The van der Waals surface area contributed by atoms with Crippen molar-refractivity contribution < 1.29 is 4.76 Å². The number of nitroso groups, excluding NO2 is 1. The summed E-state index contributed by atoms with van der Waals surface area (Å²) in [7, 11) is 0. The highest BCUT2D eigenvalue weighted by atomic mass is 16.5. The van der Waals surface area contributed by atoms with Gasteiger partial charge in [-0.05, 0) is 71.0 Å². The van der Waals surface area contributed by atoms with Crippen molar-refractivity contribution in [2.24, 2.45) is 9.98 Å². The fourth-order valence-electron chi connectivity index (χ4n) is 3.49. The number of hydrogen-bond donors (Lipinski definition) is 0. The van der Waals surface area contributed by atoms with E-state index in [4.69, 9.17) is 15.0 Å². The van der Waals surface area contributed by atoms with E-state index in [1.165, 1.54) is 0 Å². The maximum atomic E-state index is 12.6. The third-order valence-electron chi connectivity index (χ3n) is 5.43. The van der Waals surface area contributed by atoms with Crippen LogP contribution in [0.2, 0.25) is 0 Å². The van der Waals surface area contributed by atoms with E-state index in [1.54, 1.807) is 24.3 Å². The molecule has 0 fully saturated rings. The lowest BCUT2D eigenvalue weighted by Gasteiger charge is -2.43. The molecule has 1 aromatic heterocycles. The molecule has 0 aliphatic rings. The lowest BCUT2D eigenvalue weighted by molar-refractivity contribution is -0.540. The van der Waals surface area contributed by atoms with Gasteiger partial charge in [-0.3, -0.25) is 9.98 Å². The third-order valence-corrected chi connectivity index (χ3v) is 5.43. The molecule has 0 saturated heterocycles. The van der Waals surface area contributed by atoms with Crippen molar-refractivity contribution in [3.8, 4) is 0 Å². The Morgan fingerprint density at radius 1 is 0.806 bits per heavy atom. The summed E-state index contributed by atoms with van der Waals surface area (Å²) < 4.78 is 0.989. The molecule has 0 atom stereocenters. The number of hydrogen-bond acceptors (Lipinski definition) is 6. The predicted octanol–water partition coefficient (Wildman–Crippen LogP) is 7.67. The lowest BCUT2D eigenvalue weighted by Crippen LogP contribution is -2.36. The van der Waals surface area contributed by atoms with E-state index in [9.17, 15) is 10.1 Å². The van der Waals surface area contributed by atoms with Crippen molar-refractivity contribution in [2.75, 3.05) is 5.06 Å². The van der Waals surface area contributed by atoms with Gasteiger partial charge in [0.2, 0.25) is 5.54 Å². The molecule has 7 heteroatoms. The number of benzene rings is 2. The average Bonchev–Trinajstić information content (AvgIpc) is 2.82. The van der Waals surface area contributed by atoms with Crippen molar-refractivity contribution in [3.05, 3.63) is 88.2 Å². The van der Waals surface area contributed by atoms with E-state index in [2.05, 4.69) is 0 Å². The third kappa shape index (κ3) is 6.70. The van der Waals surface area contributed by atoms with Crippen LogP contribution in [0.5, 0.6) is 0 Å². The van der Waals surface area contributed by atoms with Gasteiger partial charge in [-0.15, -0.1) is 0 Å². The summed E-state index contributed by atoms with van der Waals surface area (Å²) >= 11 is 0. The molecule has 0 bridgehead atoms. The first-order valence-corrected chi connectivity index (χ1v) is 12.0. The van der Waals surface area contributed by atoms with E-state index < -0.39 is 11.1 Å². The summed E-state index contributed by atoms with van der Waals surface area (Å²) in [5.74, 6) is 0. The summed E-state index contributed by atoms with van der Waals surface area (Å²) in [4.78, 5) is 26.7. The first-order chi connectivity index (χ1) is 16.8. The van der Waals surface area contributed by atoms with Crippen molar-refractivity contribution in [2.45, 2.75) is 66.5 Å². The average molecular weight is 486 g/mol. The Balaban J connectivity index is 1.88. The van der Waals surface area contributed by atoms with E-state index >= 15 is 0 Å². The Bertz CT molecular complexity index is 1310. The smallest absolute Gasteiger partial charge is 0.258 e. The SMILES string of the molecule is CC(=Nc1cccc(N([O-])C(C)(C)C)c1)c1cccc(C(C)=Nc2cccc([N+](=O)C(C)(C)C)c2)n1. The highest BCUT2D eigenvalue weighted by Gasteiger charge is 2.31. The molecule has 0 N–H and O–H groups in total. The van der Waals surface area contributed by atoms with Crippen molar-refractivity contribution in [1.29, 1.82) is 0 Å². The molecule has 0 radical (unpaired) electrons. The molecule has 0 unspecified atom stereocenters. The molecule has 7 nitrogen and oxygen atoms in total. The first kappa shape index (κ1) is 26.9. The molecule has 3 aromatic rings. The Morgan fingerprint density at radius 3 is 1.83 bits per heavy atom. The first-order valence-electron chi connectivity index (χ1n) is 12.0. The minimum atomic E-state index is -0.539. The minimum absolute atomic E-state index is 0.539. The number of aromatic nitrogens is 1. The van der Waals surface area contributed by atoms with Crippen LogP contribution in [0, 0.1) is 10.1 Å². The number of rotatable bonds is 6. The standard InChI is InChI=1S/C29H35N5O2/c1-20(30-22-12-9-14-24(18-22)33(35)28(3,4)5)26-16-11-17-27(32-26)21(2)31-23-13-10-15-25(19-23)34(36)29(6,7)8/h9-19H,1-8H3. The van der Waals surface area contributed by atoms with E-state index in [-0.39, 0.29) is 0 Å². The molecule has 0 aliphatic carbocycles. The van der Waals surface area contributed by atoms with Gasteiger partial charge in [0.1, 0.15) is 0 Å². The second kappa shape index (κ2) is 10.5. The Hall–Kier alpha value is -3.71. The van der Waals surface area contributed by atoms with Crippen molar-refractivity contribution >= 4 is 34.2 Å². The molecule has 0 spiro atoms. The minimum Gasteiger partial charge on any atom is -0.758 e. The molecular weight excluding hydrogens is 450 g/mol. The molecule has 36 heavy (non-hydrogen) atoms. The maximum absolute atomic E-state index is 12.6. The highest BCUT2D eigenvalue weighted by Crippen LogP contribution is 2.27. The fourth-order valence-corrected chi connectivity index (χ4v) is 3.49. The van der Waals surface area contributed by atoms with Crippen molar-refractivity contribution in [1.82, 2.24) is 4.98 Å². The van der Waals surface area contributed by atoms with Gasteiger partial charge in [-0.2, -0.15) is 0 Å². The monoisotopic (exact) mass is 485 g/mol. The van der Waals surface area contributed by atoms with Crippen molar-refractivity contribution in [3.63, 3.8) is 0 Å². The number of pyridine rings is 1. The zero-order valence-electron chi connectivity index (χ0n) is 22.4. The molecule has 188 valence electrons. The molecule has 0 aliphatic heterocycles. The summed E-state index contributed by atoms with van der Waals surface area (Å²) in [5.41, 5.74) is 4.30. The number of aliphatic imine (C=N–C) groups is 2. The highest BCUT2D eigenvalue weighted by molar-refractivity contribution is 6.02. The lowest BCUT2D eigenvalue weighted by atomic mass is 10.1. The molecule has 0 saturated carbocycles. The quantitative estimate of drug-likeness (QED) is 0.204. The van der Waals surface area contributed by atoms with Crippen LogP contribution in [0.1, 0.15) is 66.8 Å². The van der Waals surface area contributed by atoms with Gasteiger partial charge in [0.25, 0.3) is 5.69 Å². The van der Waals surface area contributed by atoms with E-state index in [1.807, 2.05) is 97.9 Å². The summed E-state index contributed by atoms with van der Waals surface area (Å²) in [6.07, 6.45) is 0. The Labute approximate surface area is 213 Å². The predicted molar refractivity (Wildman–Crippen MR) is 150 cm³/mol. The van der Waals surface area contributed by atoms with Crippen LogP contribution in [0.15, 0.2) is 76.7 Å². The van der Waals surface area contributed by atoms with Gasteiger partial charge in [-0.25, -0.2) is 4.98 Å². The zero-order chi connectivity index (χ0) is 26.7. The van der Waals surface area contributed by atoms with Gasteiger partial charge >= 0.3 is 0 Å². The molecule has 3 rings (SSSR count). The van der Waals surface area contributed by atoms with Crippen LogP contribution in [0.25, 0.3) is 0 Å². The summed E-state index contributed by atoms with van der Waals surface area (Å²) in [5, 5.41) is 13.6. The number of hydroxylamine groups is 1. The summed E-state index contributed by atoms with van der Waals surface area (Å²) in [6.45, 7) is 15.0. The van der Waals surface area contributed by atoms with Gasteiger partial charge in [0.05, 0.1) is 34.2 Å². The van der Waals surface area contributed by atoms with Crippen LogP contribution in [0.4, 0.5) is 22.7 Å². The van der Waals surface area contributed by atoms with Crippen LogP contribution < -0.4 is 5.06 Å². The second-order valence-electron chi connectivity index (χ2n) is 10.8. The number of anilines is 1. The normalized spacial score (nSPS) is 13.0. The fraction of sp³-hybridized carbons (Fsp3) is 0.345. The number of nitrogens with zero attached hydrogens (tertiary/aromatic N) is 5. The van der Waals surface area contributed by atoms with Gasteiger partial charge in [0, 0.05) is 53.8 Å². The van der Waals surface area contributed by atoms with E-state index in [0.29, 0.717) is 22.7 Å². The van der Waals surface area contributed by atoms with Crippen LogP contribution >= 0.6 is 0 Å². The van der Waals surface area contributed by atoms with Gasteiger partial charge in [0.15, 0.2) is 0 Å². The maximum Gasteiger partial charge on any atom is 0.258 e. The second-order valence-corrected chi connectivity index (χ2v) is 10.8. The molecule has 1 heterocycles. The largest absolute Gasteiger partial charge is 0.758 e. The molecule has 0 amide bonds. The zero-order valence-corrected chi connectivity index (χ0v) is 22.4. The van der Waals surface area contributed by atoms with Crippen LogP contribution in [0.3, 0.4) is 0 Å².